The topological polar surface area (TPSA) is 35.2 Å². The molecule has 2 rings (SSSR count). The zero-order valence-electron chi connectivity index (χ0n) is 10.5. The average molecular weight is 245 g/mol. The van der Waals surface area contributed by atoms with E-state index >= 15 is 0 Å². The zero-order valence-corrected chi connectivity index (χ0v) is 10.5. The molecule has 0 fully saturated rings. The second kappa shape index (κ2) is 5.19. The molecule has 0 amide bonds. The lowest BCUT2D eigenvalue weighted by molar-refractivity contribution is 0.466. The minimum atomic E-state index is -0.272. The molecule has 2 N–H and O–H groups in total. The second-order valence-corrected chi connectivity index (χ2v) is 4.34. The number of aryl methyl sites for hydroxylation is 1. The molecule has 18 heavy (non-hydrogen) atoms. The number of nitrogens with two attached hydrogens (primary N) is 1. The fourth-order valence-electron chi connectivity index (χ4n) is 1.71. The number of benzene rings is 2. The van der Waals surface area contributed by atoms with E-state index in [9.17, 15) is 4.39 Å². The predicted octanol–water partition coefficient (Wildman–Crippen LogP) is 3.95. The van der Waals surface area contributed by atoms with E-state index in [2.05, 4.69) is 0 Å². The summed E-state index contributed by atoms with van der Waals surface area (Å²) in [4.78, 5) is 0. The van der Waals surface area contributed by atoms with Gasteiger partial charge in [-0.05, 0) is 31.5 Å². The largest absolute Gasteiger partial charge is 0.457 e. The molecule has 0 heterocycles. The van der Waals surface area contributed by atoms with E-state index in [0.717, 1.165) is 5.56 Å². The van der Waals surface area contributed by atoms with Gasteiger partial charge in [-0.15, -0.1) is 0 Å². The SMILES string of the molecule is Cc1ccc(Oc2ccccc2[C@@H](C)N)cc1F. The van der Waals surface area contributed by atoms with Gasteiger partial charge >= 0.3 is 0 Å². The highest BCUT2D eigenvalue weighted by atomic mass is 19.1. The van der Waals surface area contributed by atoms with Gasteiger partial charge in [0.25, 0.3) is 0 Å². The van der Waals surface area contributed by atoms with Crippen molar-refractivity contribution in [2.24, 2.45) is 5.73 Å². The van der Waals surface area contributed by atoms with Crippen molar-refractivity contribution in [3.63, 3.8) is 0 Å². The van der Waals surface area contributed by atoms with Crippen LogP contribution >= 0.6 is 0 Å². The summed E-state index contributed by atoms with van der Waals surface area (Å²) < 4.78 is 19.1. The van der Waals surface area contributed by atoms with Crippen molar-refractivity contribution in [3.8, 4) is 11.5 Å². The molecule has 2 aromatic rings. The van der Waals surface area contributed by atoms with Gasteiger partial charge in [0.2, 0.25) is 0 Å². The van der Waals surface area contributed by atoms with Crippen molar-refractivity contribution < 1.29 is 9.13 Å². The van der Waals surface area contributed by atoms with Crippen LogP contribution in [0.15, 0.2) is 42.5 Å². The van der Waals surface area contributed by atoms with Gasteiger partial charge in [0, 0.05) is 17.7 Å². The Morgan fingerprint density at radius 1 is 1.17 bits per heavy atom. The van der Waals surface area contributed by atoms with Gasteiger partial charge in [0.15, 0.2) is 0 Å². The number of rotatable bonds is 3. The Bertz CT molecular complexity index is 552. The first-order chi connectivity index (χ1) is 8.58. The molecule has 1 atom stereocenters. The minimum absolute atomic E-state index is 0.128. The Labute approximate surface area is 106 Å². The summed E-state index contributed by atoms with van der Waals surface area (Å²) in [5, 5.41) is 0. The predicted molar refractivity (Wildman–Crippen MR) is 70.3 cm³/mol. The molecule has 0 aliphatic rings. The van der Waals surface area contributed by atoms with E-state index in [1.165, 1.54) is 6.07 Å². The van der Waals surface area contributed by atoms with Crippen molar-refractivity contribution in [1.29, 1.82) is 0 Å². The first-order valence-corrected chi connectivity index (χ1v) is 5.86. The molecule has 94 valence electrons. The average Bonchev–Trinajstić information content (AvgIpc) is 2.34. The van der Waals surface area contributed by atoms with E-state index in [1.807, 2.05) is 31.2 Å². The summed E-state index contributed by atoms with van der Waals surface area (Å²) in [6.45, 7) is 3.60. The fraction of sp³-hybridized carbons (Fsp3) is 0.200. The van der Waals surface area contributed by atoms with Gasteiger partial charge in [-0.2, -0.15) is 0 Å². The number of ether oxygens (including phenoxy) is 1. The van der Waals surface area contributed by atoms with Crippen LogP contribution < -0.4 is 10.5 Å². The lowest BCUT2D eigenvalue weighted by Gasteiger charge is -2.13. The van der Waals surface area contributed by atoms with Gasteiger partial charge in [0.05, 0.1) is 0 Å². The molecule has 3 heteroatoms. The summed E-state index contributed by atoms with van der Waals surface area (Å²) in [6.07, 6.45) is 0. The Morgan fingerprint density at radius 3 is 2.56 bits per heavy atom. The smallest absolute Gasteiger partial charge is 0.132 e. The summed E-state index contributed by atoms with van der Waals surface area (Å²) in [5.41, 5.74) is 7.37. The molecule has 0 aliphatic carbocycles. The monoisotopic (exact) mass is 245 g/mol. The molecule has 0 aromatic heterocycles. The van der Waals surface area contributed by atoms with Gasteiger partial charge in [-0.25, -0.2) is 4.39 Å². The van der Waals surface area contributed by atoms with E-state index in [-0.39, 0.29) is 11.9 Å². The van der Waals surface area contributed by atoms with E-state index < -0.39 is 0 Å². The summed E-state index contributed by atoms with van der Waals surface area (Å²) in [6, 6.07) is 12.2. The van der Waals surface area contributed by atoms with Crippen LogP contribution in [0.25, 0.3) is 0 Å². The quantitative estimate of drug-likeness (QED) is 0.888. The summed E-state index contributed by atoms with van der Waals surface area (Å²) in [7, 11) is 0. The van der Waals surface area contributed by atoms with Crippen molar-refractivity contribution >= 4 is 0 Å². The number of para-hydroxylation sites is 1. The normalized spacial score (nSPS) is 12.2. The van der Waals surface area contributed by atoms with Crippen molar-refractivity contribution in [1.82, 2.24) is 0 Å². The van der Waals surface area contributed by atoms with E-state index in [4.69, 9.17) is 10.5 Å². The van der Waals surface area contributed by atoms with Crippen LogP contribution in [0, 0.1) is 12.7 Å². The Balaban J connectivity index is 2.31. The maximum atomic E-state index is 13.4. The maximum absolute atomic E-state index is 13.4. The third-order valence-corrected chi connectivity index (χ3v) is 2.78. The molecule has 0 unspecified atom stereocenters. The van der Waals surface area contributed by atoms with Crippen molar-refractivity contribution in [2.75, 3.05) is 0 Å². The van der Waals surface area contributed by atoms with Crippen molar-refractivity contribution in [2.45, 2.75) is 19.9 Å². The Morgan fingerprint density at radius 2 is 1.89 bits per heavy atom. The highest BCUT2D eigenvalue weighted by molar-refractivity contribution is 5.40. The van der Waals surface area contributed by atoms with Crippen LogP contribution in [0.5, 0.6) is 11.5 Å². The Hall–Kier alpha value is -1.87. The van der Waals surface area contributed by atoms with Gasteiger partial charge in [0.1, 0.15) is 17.3 Å². The van der Waals surface area contributed by atoms with Crippen LogP contribution in [0.1, 0.15) is 24.1 Å². The van der Waals surface area contributed by atoms with Gasteiger partial charge < -0.3 is 10.5 Å². The molecular weight excluding hydrogens is 229 g/mol. The van der Waals surface area contributed by atoms with Crippen LogP contribution in [0.3, 0.4) is 0 Å². The molecule has 0 spiro atoms. The number of hydrogen-bond donors (Lipinski definition) is 1. The molecule has 2 nitrogen and oxygen atoms in total. The maximum Gasteiger partial charge on any atom is 0.132 e. The highest BCUT2D eigenvalue weighted by Gasteiger charge is 2.08. The molecule has 0 saturated carbocycles. The Kier molecular flexibility index (Phi) is 3.63. The molecule has 0 radical (unpaired) electrons. The number of halogens is 1. The zero-order chi connectivity index (χ0) is 13.1. The molecule has 0 saturated heterocycles. The van der Waals surface area contributed by atoms with Gasteiger partial charge in [-0.3, -0.25) is 0 Å². The molecule has 0 bridgehead atoms. The first kappa shape index (κ1) is 12.6. The minimum Gasteiger partial charge on any atom is -0.457 e. The van der Waals surface area contributed by atoms with E-state index in [1.54, 1.807) is 19.1 Å². The van der Waals surface area contributed by atoms with E-state index in [0.29, 0.717) is 17.1 Å². The van der Waals surface area contributed by atoms with Gasteiger partial charge in [-0.1, -0.05) is 24.3 Å². The standard InChI is InChI=1S/C15H16FNO/c1-10-7-8-12(9-14(10)16)18-15-6-4-3-5-13(15)11(2)17/h3-9,11H,17H2,1-2H3/t11-/m1/s1. The van der Waals surface area contributed by atoms with Crippen LogP contribution in [-0.2, 0) is 0 Å². The molecular formula is C15H16FNO. The molecule has 2 aromatic carbocycles. The number of hydrogen-bond acceptors (Lipinski definition) is 2. The second-order valence-electron chi connectivity index (χ2n) is 4.34. The third kappa shape index (κ3) is 2.68. The highest BCUT2D eigenvalue weighted by Crippen LogP contribution is 2.29. The summed E-state index contributed by atoms with van der Waals surface area (Å²) in [5.74, 6) is 0.868. The van der Waals surface area contributed by atoms with Crippen molar-refractivity contribution in [3.05, 3.63) is 59.4 Å². The first-order valence-electron chi connectivity index (χ1n) is 5.86. The fourth-order valence-corrected chi connectivity index (χ4v) is 1.71. The lowest BCUT2D eigenvalue weighted by atomic mass is 10.1. The molecule has 0 aliphatic heterocycles. The van der Waals surface area contributed by atoms with Crippen LogP contribution in [-0.4, -0.2) is 0 Å². The van der Waals surface area contributed by atoms with Crippen LogP contribution in [0.4, 0.5) is 4.39 Å². The summed E-state index contributed by atoms with van der Waals surface area (Å²) >= 11 is 0. The lowest BCUT2D eigenvalue weighted by Crippen LogP contribution is -2.06. The third-order valence-electron chi connectivity index (χ3n) is 2.78. The van der Waals surface area contributed by atoms with Crippen LogP contribution in [0.2, 0.25) is 0 Å².